The molecule has 25 heavy (non-hydrogen) atoms. The summed E-state index contributed by atoms with van der Waals surface area (Å²) in [4.78, 5) is 19.2. The van der Waals surface area contributed by atoms with Gasteiger partial charge in [0.25, 0.3) is 0 Å². The van der Waals surface area contributed by atoms with Crippen LogP contribution in [0.5, 0.6) is 0 Å². The molecule has 1 atom stereocenters. The second kappa shape index (κ2) is 5.96. The third-order valence-electron chi connectivity index (χ3n) is 5.51. The lowest BCUT2D eigenvalue weighted by atomic mass is 9.93. The Morgan fingerprint density at radius 3 is 2.52 bits per heavy atom. The highest BCUT2D eigenvalue weighted by molar-refractivity contribution is 5.95. The minimum atomic E-state index is 0.00591. The Bertz CT molecular complexity index is 782. The van der Waals surface area contributed by atoms with Crippen molar-refractivity contribution in [3.63, 3.8) is 0 Å². The predicted octanol–water partition coefficient (Wildman–Crippen LogP) is 0.0767. The molecule has 2 aromatic heterocycles. The van der Waals surface area contributed by atoms with E-state index in [1.807, 2.05) is 36.1 Å². The second-order valence-electron chi connectivity index (χ2n) is 7.42. The van der Waals surface area contributed by atoms with Crippen LogP contribution in [0.2, 0.25) is 0 Å². The van der Waals surface area contributed by atoms with Crippen molar-refractivity contribution in [1.82, 2.24) is 29.4 Å². The van der Waals surface area contributed by atoms with Crippen LogP contribution in [0, 0.1) is 0 Å². The Hall–Kier alpha value is -2.19. The van der Waals surface area contributed by atoms with Gasteiger partial charge in [0.15, 0.2) is 0 Å². The Morgan fingerprint density at radius 2 is 1.84 bits per heavy atom. The summed E-state index contributed by atoms with van der Waals surface area (Å²) >= 11 is 0. The lowest BCUT2D eigenvalue weighted by Crippen LogP contribution is -2.64. The maximum atomic E-state index is 12.6. The van der Waals surface area contributed by atoms with Crippen LogP contribution in [-0.2, 0) is 25.4 Å². The van der Waals surface area contributed by atoms with Crippen molar-refractivity contribution in [2.45, 2.75) is 18.5 Å². The molecule has 2 aliphatic rings. The fourth-order valence-electron chi connectivity index (χ4n) is 4.07. The lowest BCUT2D eigenvalue weighted by molar-refractivity contribution is -0.123. The van der Waals surface area contributed by atoms with Crippen LogP contribution in [0.3, 0.4) is 0 Å². The minimum absolute atomic E-state index is 0.00591. The summed E-state index contributed by atoms with van der Waals surface area (Å²) in [7, 11) is 5.90. The quantitative estimate of drug-likeness (QED) is 0.790. The number of amides is 1. The van der Waals surface area contributed by atoms with Crippen molar-refractivity contribution in [3.8, 4) is 0 Å². The first-order chi connectivity index (χ1) is 11.9. The highest BCUT2D eigenvalue weighted by Crippen LogP contribution is 2.33. The van der Waals surface area contributed by atoms with Gasteiger partial charge in [-0.2, -0.15) is 10.2 Å². The van der Waals surface area contributed by atoms with Crippen LogP contribution in [0.1, 0.15) is 12.0 Å². The molecular formula is C17H25N7O. The van der Waals surface area contributed by atoms with Crippen LogP contribution >= 0.6 is 0 Å². The van der Waals surface area contributed by atoms with E-state index in [-0.39, 0.29) is 11.4 Å². The molecule has 4 rings (SSSR count). The molecule has 0 bridgehead atoms. The number of aryl methyl sites for hydroxylation is 2. The van der Waals surface area contributed by atoms with Gasteiger partial charge in [-0.05, 0) is 13.5 Å². The standard InChI is InChI=1S/C17H25N7O/c1-20-11-16(25)24(15-7-19-22(3)10-15)13-17(20)4-5-23(12-17)9-14-6-18-21(2)8-14/h6-8,10H,4-5,9,11-13H2,1-3H3/t17-/m0/s1. The first kappa shape index (κ1) is 16.3. The third kappa shape index (κ3) is 2.96. The van der Waals surface area contributed by atoms with E-state index in [0.717, 1.165) is 38.3 Å². The number of anilines is 1. The van der Waals surface area contributed by atoms with Crippen molar-refractivity contribution in [2.75, 3.05) is 38.1 Å². The molecule has 0 aromatic carbocycles. The van der Waals surface area contributed by atoms with Crippen LogP contribution in [0.25, 0.3) is 0 Å². The monoisotopic (exact) mass is 343 g/mol. The molecular weight excluding hydrogens is 318 g/mol. The average molecular weight is 343 g/mol. The summed E-state index contributed by atoms with van der Waals surface area (Å²) in [6.07, 6.45) is 8.76. The van der Waals surface area contributed by atoms with Gasteiger partial charge in [0, 0.05) is 58.2 Å². The maximum Gasteiger partial charge on any atom is 0.241 e. The van der Waals surface area contributed by atoms with E-state index < -0.39 is 0 Å². The zero-order valence-electron chi connectivity index (χ0n) is 15.1. The molecule has 0 N–H and O–H groups in total. The van der Waals surface area contributed by atoms with Crippen LogP contribution in [0.4, 0.5) is 5.69 Å². The molecule has 0 aliphatic carbocycles. The third-order valence-corrected chi connectivity index (χ3v) is 5.51. The molecule has 2 saturated heterocycles. The Labute approximate surface area is 147 Å². The van der Waals surface area contributed by atoms with Crippen LogP contribution in [-0.4, -0.2) is 74.0 Å². The number of likely N-dealkylation sites (tertiary alicyclic amines) is 1. The summed E-state index contributed by atoms with van der Waals surface area (Å²) in [5.74, 6) is 0.145. The SMILES string of the molecule is CN1CC(=O)N(c2cnn(C)c2)C[C@@]12CCN(Cc1cnn(C)c1)C2. The summed E-state index contributed by atoms with van der Waals surface area (Å²) in [5.41, 5.74) is 2.13. The zero-order valence-corrected chi connectivity index (χ0v) is 15.1. The van der Waals surface area contributed by atoms with Crippen molar-refractivity contribution >= 4 is 11.6 Å². The van der Waals surface area contributed by atoms with Gasteiger partial charge in [-0.1, -0.05) is 0 Å². The van der Waals surface area contributed by atoms with Crippen molar-refractivity contribution in [1.29, 1.82) is 0 Å². The Balaban J connectivity index is 1.51. The molecule has 4 heterocycles. The highest BCUT2D eigenvalue weighted by atomic mass is 16.2. The van der Waals surface area contributed by atoms with Gasteiger partial charge in [0.05, 0.1) is 30.2 Å². The largest absolute Gasteiger partial charge is 0.306 e. The van der Waals surface area contributed by atoms with Crippen molar-refractivity contribution in [2.24, 2.45) is 14.1 Å². The first-order valence-electron chi connectivity index (χ1n) is 8.65. The number of carbonyl (C=O) groups excluding carboxylic acids is 1. The molecule has 2 fully saturated rings. The van der Waals surface area contributed by atoms with E-state index in [1.54, 1.807) is 10.9 Å². The number of piperazine rings is 1. The number of hydrogen-bond donors (Lipinski definition) is 0. The summed E-state index contributed by atoms with van der Waals surface area (Å²) in [6.45, 7) is 4.08. The lowest BCUT2D eigenvalue weighted by Gasteiger charge is -2.46. The molecule has 2 aromatic rings. The van der Waals surface area contributed by atoms with Gasteiger partial charge < -0.3 is 4.90 Å². The summed E-state index contributed by atoms with van der Waals surface area (Å²) in [5, 5.41) is 8.48. The van der Waals surface area contributed by atoms with E-state index >= 15 is 0 Å². The fraction of sp³-hybridized carbons (Fsp3) is 0.588. The van der Waals surface area contributed by atoms with Gasteiger partial charge in [0.2, 0.25) is 5.91 Å². The van der Waals surface area contributed by atoms with E-state index in [9.17, 15) is 4.79 Å². The van der Waals surface area contributed by atoms with Crippen molar-refractivity contribution < 1.29 is 4.79 Å². The molecule has 8 heteroatoms. The number of nitrogens with zero attached hydrogens (tertiary/aromatic N) is 7. The molecule has 8 nitrogen and oxygen atoms in total. The molecule has 1 amide bonds. The van der Waals surface area contributed by atoms with E-state index in [2.05, 4.69) is 33.2 Å². The number of likely N-dealkylation sites (N-methyl/N-ethyl adjacent to an activating group) is 1. The van der Waals surface area contributed by atoms with Crippen molar-refractivity contribution in [3.05, 3.63) is 30.4 Å². The molecule has 1 spiro atoms. The zero-order chi connectivity index (χ0) is 17.6. The number of aromatic nitrogens is 4. The topological polar surface area (TPSA) is 62.4 Å². The van der Waals surface area contributed by atoms with E-state index in [4.69, 9.17) is 0 Å². The van der Waals surface area contributed by atoms with Gasteiger partial charge in [0.1, 0.15) is 0 Å². The maximum absolute atomic E-state index is 12.6. The van der Waals surface area contributed by atoms with Gasteiger partial charge in [-0.15, -0.1) is 0 Å². The molecule has 0 radical (unpaired) electrons. The minimum Gasteiger partial charge on any atom is -0.306 e. The number of rotatable bonds is 3. The van der Waals surface area contributed by atoms with Crippen LogP contribution in [0.15, 0.2) is 24.8 Å². The Morgan fingerprint density at radius 1 is 1.08 bits per heavy atom. The summed E-state index contributed by atoms with van der Waals surface area (Å²) in [6, 6.07) is 0. The molecule has 2 aliphatic heterocycles. The average Bonchev–Trinajstić information content (AvgIpc) is 3.26. The van der Waals surface area contributed by atoms with Gasteiger partial charge >= 0.3 is 0 Å². The van der Waals surface area contributed by atoms with E-state index in [1.165, 1.54) is 5.56 Å². The van der Waals surface area contributed by atoms with Gasteiger partial charge in [-0.25, -0.2) is 0 Å². The van der Waals surface area contributed by atoms with Crippen LogP contribution < -0.4 is 4.90 Å². The normalized spacial score (nSPS) is 25.4. The second-order valence-corrected chi connectivity index (χ2v) is 7.42. The molecule has 134 valence electrons. The Kier molecular flexibility index (Phi) is 3.88. The number of carbonyl (C=O) groups is 1. The predicted molar refractivity (Wildman–Crippen MR) is 94.0 cm³/mol. The molecule has 0 saturated carbocycles. The molecule has 0 unspecified atom stereocenters. The highest BCUT2D eigenvalue weighted by Gasteiger charge is 2.47. The fourth-order valence-corrected chi connectivity index (χ4v) is 4.07. The summed E-state index contributed by atoms with van der Waals surface area (Å²) < 4.78 is 3.59. The number of hydrogen-bond acceptors (Lipinski definition) is 5. The first-order valence-corrected chi connectivity index (χ1v) is 8.65. The van der Waals surface area contributed by atoms with Gasteiger partial charge in [-0.3, -0.25) is 24.0 Å². The smallest absolute Gasteiger partial charge is 0.241 e. The van der Waals surface area contributed by atoms with E-state index in [0.29, 0.717) is 6.54 Å².